The van der Waals surface area contributed by atoms with Crippen molar-refractivity contribution >= 4 is 22.7 Å². The Morgan fingerprint density at radius 2 is 2.00 bits per heavy atom. The zero-order valence-electron chi connectivity index (χ0n) is 18.7. The lowest BCUT2D eigenvalue weighted by Crippen LogP contribution is -2.18. The molecule has 7 nitrogen and oxygen atoms in total. The molecule has 2 heterocycles. The number of nitrogens with zero attached hydrogens (tertiary/aromatic N) is 4. The fourth-order valence-corrected chi connectivity index (χ4v) is 4.36. The summed E-state index contributed by atoms with van der Waals surface area (Å²) in [7, 11) is 0. The van der Waals surface area contributed by atoms with Gasteiger partial charge in [0, 0.05) is 29.5 Å². The minimum Gasteiger partial charge on any atom is -0.447 e. The van der Waals surface area contributed by atoms with Gasteiger partial charge in [-0.3, -0.25) is 5.32 Å². The van der Waals surface area contributed by atoms with Crippen molar-refractivity contribution < 1.29 is 9.53 Å². The Morgan fingerprint density at radius 3 is 2.61 bits per heavy atom. The molecule has 2 aromatic heterocycles. The number of carbonyl (C=O) groups is 1. The number of nitrogens with one attached hydrogen (secondary N) is 1. The first-order valence-electron chi connectivity index (χ1n) is 11.2. The molecule has 0 radical (unpaired) electrons. The van der Waals surface area contributed by atoms with E-state index in [4.69, 9.17) is 4.74 Å². The first-order chi connectivity index (χ1) is 16.0. The van der Waals surface area contributed by atoms with E-state index in [1.54, 1.807) is 6.20 Å². The van der Waals surface area contributed by atoms with Gasteiger partial charge < -0.3 is 9.30 Å². The average Bonchev–Trinajstić information content (AvgIpc) is 3.39. The van der Waals surface area contributed by atoms with Gasteiger partial charge >= 0.3 is 6.09 Å². The summed E-state index contributed by atoms with van der Waals surface area (Å²) < 4.78 is 9.31. The van der Waals surface area contributed by atoms with E-state index in [-0.39, 0.29) is 6.10 Å². The molecule has 1 saturated carbocycles. The summed E-state index contributed by atoms with van der Waals surface area (Å²) in [6.45, 7) is 3.62. The van der Waals surface area contributed by atoms with Gasteiger partial charge in [-0.1, -0.05) is 12.1 Å². The van der Waals surface area contributed by atoms with Crippen LogP contribution in [0.3, 0.4) is 0 Å². The maximum absolute atomic E-state index is 11.9. The average molecular weight is 440 g/mol. The summed E-state index contributed by atoms with van der Waals surface area (Å²) in [6.07, 6.45) is 6.37. The predicted octanol–water partition coefficient (Wildman–Crippen LogP) is 6.05. The Bertz CT molecular complexity index is 1340. The number of nitriles is 1. The quantitative estimate of drug-likeness (QED) is 0.410. The fraction of sp³-hybridized carbons (Fsp3) is 0.269. The van der Waals surface area contributed by atoms with Crippen LogP contribution in [-0.2, 0) is 4.74 Å². The third kappa shape index (κ3) is 3.85. The number of carbonyl (C=O) groups excluding carboxylic acids is 1. The largest absolute Gasteiger partial charge is 0.447 e. The van der Waals surface area contributed by atoms with E-state index in [0.717, 1.165) is 40.7 Å². The first-order valence-corrected chi connectivity index (χ1v) is 11.2. The van der Waals surface area contributed by atoms with Crippen LogP contribution in [0.5, 0.6) is 0 Å². The number of anilines is 1. The molecule has 0 spiro atoms. The highest BCUT2D eigenvalue weighted by atomic mass is 16.6. The molecule has 1 amide bonds. The smallest absolute Gasteiger partial charge is 0.411 e. The molecule has 0 atom stereocenters. The van der Waals surface area contributed by atoms with Crippen molar-refractivity contribution in [3.8, 4) is 23.0 Å². The zero-order valence-corrected chi connectivity index (χ0v) is 18.7. The second-order valence-electron chi connectivity index (χ2n) is 8.60. The van der Waals surface area contributed by atoms with Gasteiger partial charge in [0.15, 0.2) is 0 Å². The molecular formula is C26H25N5O2. The van der Waals surface area contributed by atoms with Crippen LogP contribution in [0.25, 0.3) is 27.8 Å². The number of hydrogen-bond acceptors (Lipinski definition) is 4. The van der Waals surface area contributed by atoms with Crippen LogP contribution in [0.1, 0.15) is 44.7 Å². The van der Waals surface area contributed by atoms with Gasteiger partial charge in [-0.25, -0.2) is 9.48 Å². The van der Waals surface area contributed by atoms with Crippen LogP contribution in [0, 0.1) is 11.3 Å². The van der Waals surface area contributed by atoms with Gasteiger partial charge in [-0.2, -0.15) is 10.4 Å². The van der Waals surface area contributed by atoms with Crippen LogP contribution in [-0.4, -0.2) is 26.5 Å². The van der Waals surface area contributed by atoms with E-state index in [0.29, 0.717) is 17.3 Å². The monoisotopic (exact) mass is 439 g/mol. The number of rotatable bonds is 5. The lowest BCUT2D eigenvalue weighted by molar-refractivity contribution is 0.130. The molecule has 0 bridgehead atoms. The van der Waals surface area contributed by atoms with Gasteiger partial charge in [0.1, 0.15) is 6.07 Å². The standard InChI is InChI=1S/C26H25N5O2/c1-17(2)33-26(32)29-19-9-7-18(8-10-19)25-23(16-27)22-12-11-21(30-14-4-13-28-30)15-24(22)31(25)20-5-3-6-20/h4,7-15,17,20H,3,5-6H2,1-2H3,(H,29,32). The maximum atomic E-state index is 11.9. The molecule has 1 fully saturated rings. The summed E-state index contributed by atoms with van der Waals surface area (Å²) in [5.74, 6) is 0. The van der Waals surface area contributed by atoms with E-state index >= 15 is 0 Å². The van der Waals surface area contributed by atoms with Crippen LogP contribution in [0.4, 0.5) is 10.5 Å². The highest BCUT2D eigenvalue weighted by Gasteiger charge is 2.28. The molecule has 2 aromatic carbocycles. The molecule has 5 rings (SSSR count). The second-order valence-corrected chi connectivity index (χ2v) is 8.60. The number of aromatic nitrogens is 3. The first kappa shape index (κ1) is 20.8. The van der Waals surface area contributed by atoms with Crippen LogP contribution in [0.2, 0.25) is 0 Å². The SMILES string of the molecule is CC(C)OC(=O)Nc1ccc(-c2c(C#N)c3ccc(-n4cccn4)cc3n2C2CCC2)cc1. The van der Waals surface area contributed by atoms with Crippen LogP contribution < -0.4 is 5.32 Å². The van der Waals surface area contributed by atoms with E-state index in [2.05, 4.69) is 27.1 Å². The Balaban J connectivity index is 1.60. The van der Waals surface area contributed by atoms with Gasteiger partial charge in [0.2, 0.25) is 0 Å². The number of benzene rings is 2. The Morgan fingerprint density at radius 1 is 1.21 bits per heavy atom. The molecule has 4 aromatic rings. The van der Waals surface area contributed by atoms with Crippen molar-refractivity contribution in [3.63, 3.8) is 0 Å². The highest BCUT2D eigenvalue weighted by Crippen LogP contribution is 2.43. The Kier molecular flexibility index (Phi) is 5.35. The van der Waals surface area contributed by atoms with Gasteiger partial charge in [0.05, 0.1) is 28.6 Å². The second kappa shape index (κ2) is 8.47. The van der Waals surface area contributed by atoms with Crippen molar-refractivity contribution in [1.82, 2.24) is 14.3 Å². The molecule has 33 heavy (non-hydrogen) atoms. The Labute approximate surface area is 192 Å². The van der Waals surface area contributed by atoms with E-state index < -0.39 is 6.09 Å². The summed E-state index contributed by atoms with van der Waals surface area (Å²) in [5.41, 5.74) is 5.19. The molecule has 1 aliphatic carbocycles. The molecule has 0 saturated heterocycles. The summed E-state index contributed by atoms with van der Waals surface area (Å²) in [5, 5.41) is 18.2. The minimum atomic E-state index is -0.481. The summed E-state index contributed by atoms with van der Waals surface area (Å²) in [6, 6.07) is 18.4. The molecule has 0 unspecified atom stereocenters. The van der Waals surface area contributed by atoms with Crippen molar-refractivity contribution in [2.75, 3.05) is 5.32 Å². The van der Waals surface area contributed by atoms with Crippen molar-refractivity contribution in [2.24, 2.45) is 0 Å². The van der Waals surface area contributed by atoms with Crippen molar-refractivity contribution in [2.45, 2.75) is 45.3 Å². The zero-order chi connectivity index (χ0) is 22.9. The lowest BCUT2D eigenvalue weighted by Gasteiger charge is -2.30. The van der Waals surface area contributed by atoms with Crippen LogP contribution in [0.15, 0.2) is 60.9 Å². The summed E-state index contributed by atoms with van der Waals surface area (Å²) in [4.78, 5) is 11.9. The molecule has 166 valence electrons. The number of hydrogen-bond donors (Lipinski definition) is 1. The molecule has 0 aliphatic heterocycles. The normalized spacial score (nSPS) is 13.6. The van der Waals surface area contributed by atoms with Gasteiger partial charge in [0.25, 0.3) is 0 Å². The molecule has 1 aliphatic rings. The van der Waals surface area contributed by atoms with Crippen molar-refractivity contribution in [1.29, 1.82) is 5.26 Å². The minimum absolute atomic E-state index is 0.188. The van der Waals surface area contributed by atoms with Gasteiger partial charge in [-0.15, -0.1) is 0 Å². The van der Waals surface area contributed by atoms with E-state index in [1.165, 1.54) is 6.42 Å². The molecule has 7 heteroatoms. The third-order valence-electron chi connectivity index (χ3n) is 6.06. The molecule has 1 N–H and O–H groups in total. The summed E-state index contributed by atoms with van der Waals surface area (Å²) >= 11 is 0. The van der Waals surface area contributed by atoms with Gasteiger partial charge in [-0.05, 0) is 75.1 Å². The topological polar surface area (TPSA) is 84.9 Å². The van der Waals surface area contributed by atoms with E-state index in [1.807, 2.05) is 67.2 Å². The number of amides is 1. The van der Waals surface area contributed by atoms with Crippen molar-refractivity contribution in [3.05, 3.63) is 66.5 Å². The predicted molar refractivity (Wildman–Crippen MR) is 127 cm³/mol. The molecular weight excluding hydrogens is 414 g/mol. The van der Waals surface area contributed by atoms with E-state index in [9.17, 15) is 10.1 Å². The fourth-order valence-electron chi connectivity index (χ4n) is 4.36. The number of ether oxygens (including phenoxy) is 1. The lowest BCUT2D eigenvalue weighted by atomic mass is 9.92. The number of fused-ring (bicyclic) bond motifs is 1. The Hall–Kier alpha value is -4.05. The maximum Gasteiger partial charge on any atom is 0.411 e. The van der Waals surface area contributed by atoms with Crippen LogP contribution >= 0.6 is 0 Å². The third-order valence-corrected chi connectivity index (χ3v) is 6.06. The highest BCUT2D eigenvalue weighted by molar-refractivity contribution is 5.96.